The number of fused-ring (bicyclic) bond motifs is 1. The van der Waals surface area contributed by atoms with Gasteiger partial charge in [0.05, 0.1) is 4.90 Å². The van der Waals surface area contributed by atoms with Crippen molar-refractivity contribution in [1.29, 1.82) is 0 Å². The Morgan fingerprint density at radius 3 is 2.79 bits per heavy atom. The third-order valence-electron chi connectivity index (χ3n) is 3.11. The van der Waals surface area contributed by atoms with Crippen molar-refractivity contribution < 1.29 is 17.9 Å². The van der Waals surface area contributed by atoms with Gasteiger partial charge >= 0.3 is 0 Å². The molecule has 0 radical (unpaired) electrons. The average molecular weight is 304 g/mol. The Labute approximate surface area is 116 Å². The lowest BCUT2D eigenvalue weighted by Gasteiger charge is -2.18. The van der Waals surface area contributed by atoms with Crippen LogP contribution in [0.15, 0.2) is 23.1 Å². The second-order valence-corrected chi connectivity index (χ2v) is 6.94. The van der Waals surface area contributed by atoms with Gasteiger partial charge in [0.1, 0.15) is 5.75 Å². The first-order chi connectivity index (χ1) is 8.82. The second kappa shape index (κ2) is 5.02. The van der Waals surface area contributed by atoms with E-state index in [-0.39, 0.29) is 10.8 Å². The van der Waals surface area contributed by atoms with Crippen LogP contribution >= 0.6 is 10.7 Å². The van der Waals surface area contributed by atoms with Crippen molar-refractivity contribution in [3.05, 3.63) is 23.8 Å². The Balaban J connectivity index is 2.24. The molecule has 1 unspecified atom stereocenters. The Morgan fingerprint density at radius 1 is 1.53 bits per heavy atom. The first-order valence-corrected chi connectivity index (χ1v) is 8.13. The number of rotatable bonds is 3. The molecule has 0 saturated carbocycles. The zero-order valence-electron chi connectivity index (χ0n) is 10.6. The van der Waals surface area contributed by atoms with Crippen LogP contribution in [0.5, 0.6) is 5.75 Å². The van der Waals surface area contributed by atoms with Crippen LogP contribution in [0.4, 0.5) is 0 Å². The first-order valence-electron chi connectivity index (χ1n) is 5.82. The van der Waals surface area contributed by atoms with Crippen molar-refractivity contribution in [3.8, 4) is 5.75 Å². The lowest BCUT2D eigenvalue weighted by molar-refractivity contribution is -0.136. The van der Waals surface area contributed by atoms with Crippen molar-refractivity contribution in [2.75, 3.05) is 13.6 Å². The molecular weight excluding hydrogens is 290 g/mol. The van der Waals surface area contributed by atoms with Crippen LogP contribution in [0.3, 0.4) is 0 Å². The van der Waals surface area contributed by atoms with Gasteiger partial charge in [-0.15, -0.1) is 0 Å². The lowest BCUT2D eigenvalue weighted by Crippen LogP contribution is -2.38. The number of hydrogen-bond donors (Lipinski definition) is 0. The van der Waals surface area contributed by atoms with Gasteiger partial charge in [0.15, 0.2) is 6.10 Å². The number of nitrogens with zero attached hydrogens (tertiary/aromatic N) is 1. The van der Waals surface area contributed by atoms with Gasteiger partial charge in [-0.3, -0.25) is 4.79 Å². The fourth-order valence-electron chi connectivity index (χ4n) is 1.92. The number of halogens is 1. The van der Waals surface area contributed by atoms with Crippen molar-refractivity contribution in [1.82, 2.24) is 4.90 Å². The standard InChI is InChI=1S/C12H14ClNO4S/c1-3-14(2)12(15)11-7-8-6-9(19(13,16)17)4-5-10(8)18-11/h4-6,11H,3,7H2,1-2H3. The van der Waals surface area contributed by atoms with Gasteiger partial charge in [0.25, 0.3) is 15.0 Å². The largest absolute Gasteiger partial charge is 0.480 e. The zero-order chi connectivity index (χ0) is 14.2. The van der Waals surface area contributed by atoms with Crippen LogP contribution in [0.1, 0.15) is 12.5 Å². The summed E-state index contributed by atoms with van der Waals surface area (Å²) in [7, 11) is 3.22. The van der Waals surface area contributed by atoms with Crippen LogP contribution in [0.2, 0.25) is 0 Å². The topological polar surface area (TPSA) is 63.7 Å². The molecule has 1 aromatic rings. The van der Waals surface area contributed by atoms with Gasteiger partial charge in [0, 0.05) is 30.7 Å². The van der Waals surface area contributed by atoms with E-state index in [1.54, 1.807) is 11.9 Å². The average Bonchev–Trinajstić information content (AvgIpc) is 2.78. The molecule has 104 valence electrons. The van der Waals surface area contributed by atoms with Gasteiger partial charge in [-0.1, -0.05) is 0 Å². The number of carbonyl (C=O) groups excluding carboxylic acids is 1. The molecule has 0 aliphatic carbocycles. The molecule has 0 N–H and O–H groups in total. The molecular formula is C12H14ClNO4S. The number of hydrogen-bond acceptors (Lipinski definition) is 4. The molecule has 1 amide bonds. The minimum absolute atomic E-state index is 0.0217. The lowest BCUT2D eigenvalue weighted by atomic mass is 10.1. The number of benzene rings is 1. The summed E-state index contributed by atoms with van der Waals surface area (Å²) < 4.78 is 28.0. The van der Waals surface area contributed by atoms with Crippen LogP contribution in [0.25, 0.3) is 0 Å². The predicted octanol–water partition coefficient (Wildman–Crippen LogP) is 1.40. The second-order valence-electron chi connectivity index (χ2n) is 4.37. The van der Waals surface area contributed by atoms with E-state index in [1.807, 2.05) is 6.92 Å². The highest BCUT2D eigenvalue weighted by Crippen LogP contribution is 2.32. The molecule has 1 heterocycles. The van der Waals surface area contributed by atoms with E-state index in [0.29, 0.717) is 24.3 Å². The molecule has 5 nitrogen and oxygen atoms in total. The molecule has 1 aliphatic rings. The minimum Gasteiger partial charge on any atom is -0.480 e. The summed E-state index contributed by atoms with van der Waals surface area (Å²) in [5.74, 6) is 0.418. The summed E-state index contributed by atoms with van der Waals surface area (Å²) in [6, 6.07) is 4.36. The highest BCUT2D eigenvalue weighted by molar-refractivity contribution is 8.13. The summed E-state index contributed by atoms with van der Waals surface area (Å²) in [4.78, 5) is 13.6. The summed E-state index contributed by atoms with van der Waals surface area (Å²) in [5.41, 5.74) is 0.685. The fraction of sp³-hybridized carbons (Fsp3) is 0.417. The highest BCUT2D eigenvalue weighted by atomic mass is 35.7. The molecule has 7 heteroatoms. The van der Waals surface area contributed by atoms with Crippen molar-refractivity contribution in [3.63, 3.8) is 0 Å². The van der Waals surface area contributed by atoms with E-state index in [2.05, 4.69) is 0 Å². The van der Waals surface area contributed by atoms with Crippen molar-refractivity contribution in [2.45, 2.75) is 24.3 Å². The number of carbonyl (C=O) groups is 1. The van der Waals surface area contributed by atoms with Gasteiger partial charge in [-0.2, -0.15) is 0 Å². The molecule has 2 rings (SSSR count). The summed E-state index contributed by atoms with van der Waals surface area (Å²) in [6.45, 7) is 2.47. The van der Waals surface area contributed by atoms with Crippen LogP contribution in [-0.4, -0.2) is 38.9 Å². The van der Waals surface area contributed by atoms with Gasteiger partial charge in [-0.05, 0) is 30.7 Å². The Hall–Kier alpha value is -1.27. The van der Waals surface area contributed by atoms with E-state index in [9.17, 15) is 13.2 Å². The molecule has 1 aliphatic heterocycles. The molecule has 0 spiro atoms. The molecule has 0 aromatic heterocycles. The maximum atomic E-state index is 12.0. The zero-order valence-corrected chi connectivity index (χ0v) is 12.2. The minimum atomic E-state index is -3.76. The summed E-state index contributed by atoms with van der Waals surface area (Å²) in [6.07, 6.45) is -0.230. The van der Waals surface area contributed by atoms with E-state index < -0.39 is 15.2 Å². The van der Waals surface area contributed by atoms with Crippen LogP contribution < -0.4 is 4.74 Å². The molecule has 0 bridgehead atoms. The molecule has 1 aromatic carbocycles. The van der Waals surface area contributed by atoms with Crippen LogP contribution in [0, 0.1) is 0 Å². The Bertz CT molecular complexity index is 614. The Morgan fingerprint density at radius 2 is 2.21 bits per heavy atom. The number of likely N-dealkylation sites (N-methyl/N-ethyl adjacent to an activating group) is 1. The Kier molecular flexibility index (Phi) is 3.73. The van der Waals surface area contributed by atoms with Crippen LogP contribution in [-0.2, 0) is 20.3 Å². The molecule has 1 atom stereocenters. The van der Waals surface area contributed by atoms with Gasteiger partial charge in [-0.25, -0.2) is 8.42 Å². The molecule has 19 heavy (non-hydrogen) atoms. The third kappa shape index (κ3) is 2.84. The van der Waals surface area contributed by atoms with Crippen molar-refractivity contribution in [2.24, 2.45) is 0 Å². The van der Waals surface area contributed by atoms with Crippen molar-refractivity contribution >= 4 is 25.6 Å². The third-order valence-corrected chi connectivity index (χ3v) is 4.47. The number of amides is 1. The maximum Gasteiger partial charge on any atom is 0.263 e. The molecule has 0 saturated heterocycles. The fourth-order valence-corrected chi connectivity index (χ4v) is 2.72. The monoisotopic (exact) mass is 303 g/mol. The quantitative estimate of drug-likeness (QED) is 0.792. The SMILES string of the molecule is CCN(C)C(=O)C1Cc2cc(S(=O)(=O)Cl)ccc2O1. The van der Waals surface area contributed by atoms with E-state index in [4.69, 9.17) is 15.4 Å². The first kappa shape index (κ1) is 14.1. The highest BCUT2D eigenvalue weighted by Gasteiger charge is 2.31. The van der Waals surface area contributed by atoms with Gasteiger partial charge in [0.2, 0.25) is 0 Å². The van der Waals surface area contributed by atoms with E-state index in [0.717, 1.165) is 0 Å². The maximum absolute atomic E-state index is 12.0. The van der Waals surface area contributed by atoms with E-state index >= 15 is 0 Å². The van der Waals surface area contributed by atoms with Gasteiger partial charge < -0.3 is 9.64 Å². The number of ether oxygens (including phenoxy) is 1. The van der Waals surface area contributed by atoms with E-state index in [1.165, 1.54) is 18.2 Å². The summed E-state index contributed by atoms with van der Waals surface area (Å²) in [5, 5.41) is 0. The predicted molar refractivity (Wildman–Crippen MR) is 70.9 cm³/mol. The smallest absolute Gasteiger partial charge is 0.263 e. The summed E-state index contributed by atoms with van der Waals surface area (Å²) >= 11 is 0. The molecule has 0 fully saturated rings. The normalized spacial score (nSPS) is 17.7.